The van der Waals surface area contributed by atoms with Crippen LogP contribution in [0.5, 0.6) is 0 Å². The lowest BCUT2D eigenvalue weighted by Crippen LogP contribution is -2.38. The van der Waals surface area contributed by atoms with Gasteiger partial charge in [-0.05, 0) is 51.0 Å². The fourth-order valence-corrected chi connectivity index (χ4v) is 4.35. The molecule has 6 heteroatoms. The van der Waals surface area contributed by atoms with Gasteiger partial charge in [-0.3, -0.25) is 4.79 Å². The molecule has 0 unspecified atom stereocenters. The summed E-state index contributed by atoms with van der Waals surface area (Å²) in [4.78, 5) is 12.2. The Kier molecular flexibility index (Phi) is 5.81. The first-order chi connectivity index (χ1) is 10.8. The Labute approximate surface area is 139 Å². The number of nitrogens with one attached hydrogen (secondary N) is 1. The molecule has 1 aliphatic rings. The van der Waals surface area contributed by atoms with E-state index in [9.17, 15) is 13.2 Å². The minimum Gasteiger partial charge on any atom is -0.350 e. The quantitative estimate of drug-likeness (QED) is 0.898. The molecule has 128 valence electrons. The molecule has 0 saturated heterocycles. The zero-order valence-corrected chi connectivity index (χ0v) is 14.9. The Balaban J connectivity index is 2.15. The number of carbonyl (C=O) groups excluding carboxylic acids is 1. The van der Waals surface area contributed by atoms with Crippen LogP contribution in [0.15, 0.2) is 29.2 Å². The van der Waals surface area contributed by atoms with Crippen molar-refractivity contribution in [2.24, 2.45) is 0 Å². The van der Waals surface area contributed by atoms with E-state index in [2.05, 4.69) is 5.32 Å². The largest absolute Gasteiger partial charge is 0.350 e. The van der Waals surface area contributed by atoms with Crippen molar-refractivity contribution in [3.05, 3.63) is 29.8 Å². The van der Waals surface area contributed by atoms with E-state index in [1.807, 2.05) is 13.8 Å². The molecule has 0 spiro atoms. The van der Waals surface area contributed by atoms with Gasteiger partial charge in [-0.2, -0.15) is 4.31 Å². The third-order valence-corrected chi connectivity index (χ3v) is 6.23. The normalized spacial score (nSPS) is 16.7. The fraction of sp³-hybridized carbons (Fsp3) is 0.588. The molecule has 0 radical (unpaired) electrons. The van der Waals surface area contributed by atoms with E-state index >= 15 is 0 Å². The molecule has 23 heavy (non-hydrogen) atoms. The zero-order chi connectivity index (χ0) is 17.0. The summed E-state index contributed by atoms with van der Waals surface area (Å²) in [7, 11) is -1.85. The molecule has 0 bridgehead atoms. The molecule has 1 saturated carbocycles. The Morgan fingerprint density at radius 1 is 1.13 bits per heavy atom. The topological polar surface area (TPSA) is 66.5 Å². The van der Waals surface area contributed by atoms with Gasteiger partial charge < -0.3 is 5.32 Å². The maximum absolute atomic E-state index is 12.7. The minimum absolute atomic E-state index is 0.0448. The zero-order valence-electron chi connectivity index (χ0n) is 14.1. The van der Waals surface area contributed by atoms with Crippen LogP contribution >= 0.6 is 0 Å². The molecule has 0 aromatic heterocycles. The Morgan fingerprint density at radius 3 is 2.22 bits per heavy atom. The summed E-state index contributed by atoms with van der Waals surface area (Å²) in [5.74, 6) is -0.190. The number of amides is 1. The maximum Gasteiger partial charge on any atom is 0.251 e. The van der Waals surface area contributed by atoms with Crippen molar-refractivity contribution in [1.29, 1.82) is 0 Å². The van der Waals surface area contributed by atoms with Gasteiger partial charge in [0.25, 0.3) is 5.91 Å². The Morgan fingerprint density at radius 2 is 1.70 bits per heavy atom. The van der Waals surface area contributed by atoms with Gasteiger partial charge in [0.1, 0.15) is 0 Å². The van der Waals surface area contributed by atoms with Crippen LogP contribution in [-0.2, 0) is 10.0 Å². The van der Waals surface area contributed by atoms with E-state index < -0.39 is 10.0 Å². The van der Waals surface area contributed by atoms with Crippen molar-refractivity contribution in [2.45, 2.75) is 62.9 Å². The van der Waals surface area contributed by atoms with Gasteiger partial charge in [0.15, 0.2) is 0 Å². The van der Waals surface area contributed by atoms with Crippen LogP contribution in [0.4, 0.5) is 0 Å². The lowest BCUT2D eigenvalue weighted by molar-refractivity contribution is 0.0943. The average Bonchev–Trinajstić information content (AvgIpc) is 2.54. The predicted molar refractivity (Wildman–Crippen MR) is 90.9 cm³/mol. The van der Waals surface area contributed by atoms with Gasteiger partial charge in [0.2, 0.25) is 10.0 Å². The van der Waals surface area contributed by atoms with Gasteiger partial charge in [-0.25, -0.2) is 8.42 Å². The van der Waals surface area contributed by atoms with Crippen LogP contribution in [0.25, 0.3) is 0 Å². The molecular formula is C17H26N2O3S. The van der Waals surface area contributed by atoms with Crippen molar-refractivity contribution < 1.29 is 13.2 Å². The van der Waals surface area contributed by atoms with Gasteiger partial charge >= 0.3 is 0 Å². The van der Waals surface area contributed by atoms with E-state index in [1.165, 1.54) is 22.9 Å². The summed E-state index contributed by atoms with van der Waals surface area (Å²) >= 11 is 0. The lowest BCUT2D eigenvalue weighted by atomic mass is 9.96. The van der Waals surface area contributed by atoms with Gasteiger partial charge in [-0.1, -0.05) is 19.3 Å². The molecule has 1 aromatic rings. The smallest absolute Gasteiger partial charge is 0.251 e. The van der Waals surface area contributed by atoms with Crippen LogP contribution in [0.2, 0.25) is 0 Å². The highest BCUT2D eigenvalue weighted by atomic mass is 32.2. The number of nitrogens with zero attached hydrogens (tertiary/aromatic N) is 1. The van der Waals surface area contributed by atoms with Crippen molar-refractivity contribution >= 4 is 15.9 Å². The van der Waals surface area contributed by atoms with Crippen LogP contribution < -0.4 is 5.32 Å². The van der Waals surface area contributed by atoms with E-state index in [4.69, 9.17) is 0 Å². The maximum atomic E-state index is 12.7. The molecule has 1 amide bonds. The molecule has 1 N–H and O–H groups in total. The van der Waals surface area contributed by atoms with Crippen LogP contribution in [0, 0.1) is 0 Å². The van der Waals surface area contributed by atoms with Crippen molar-refractivity contribution in [1.82, 2.24) is 9.62 Å². The van der Waals surface area contributed by atoms with E-state index in [-0.39, 0.29) is 22.9 Å². The summed E-state index contributed by atoms with van der Waals surface area (Å²) in [6, 6.07) is 6.30. The summed E-state index contributed by atoms with van der Waals surface area (Å²) in [6.45, 7) is 3.77. The van der Waals surface area contributed by atoms with E-state index in [1.54, 1.807) is 19.2 Å². The highest BCUT2D eigenvalue weighted by Crippen LogP contribution is 2.26. The number of benzene rings is 1. The Hall–Kier alpha value is -1.40. The van der Waals surface area contributed by atoms with Gasteiger partial charge in [0.05, 0.1) is 4.90 Å². The predicted octanol–water partition coefficient (Wildman–Crippen LogP) is 2.78. The van der Waals surface area contributed by atoms with Crippen LogP contribution in [0.3, 0.4) is 0 Å². The molecule has 0 aliphatic heterocycles. The molecule has 1 fully saturated rings. The number of hydrogen-bond acceptors (Lipinski definition) is 3. The van der Waals surface area contributed by atoms with Crippen LogP contribution in [0.1, 0.15) is 56.3 Å². The number of sulfonamides is 1. The number of hydrogen-bond donors (Lipinski definition) is 1. The first-order valence-corrected chi connectivity index (χ1v) is 9.65. The highest BCUT2D eigenvalue weighted by Gasteiger charge is 2.29. The SMILES string of the molecule is CC(C)NC(=O)c1ccc(S(=O)(=O)N(C)C2CCCCC2)cc1. The first-order valence-electron chi connectivity index (χ1n) is 8.21. The number of rotatable bonds is 5. The minimum atomic E-state index is -3.50. The monoisotopic (exact) mass is 338 g/mol. The molecule has 0 atom stereocenters. The molecule has 1 aliphatic carbocycles. The van der Waals surface area contributed by atoms with Gasteiger partial charge in [0, 0.05) is 24.7 Å². The Bertz CT molecular complexity index is 632. The lowest BCUT2D eigenvalue weighted by Gasteiger charge is -2.30. The van der Waals surface area contributed by atoms with E-state index in [0.717, 1.165) is 25.7 Å². The van der Waals surface area contributed by atoms with Crippen molar-refractivity contribution in [3.8, 4) is 0 Å². The van der Waals surface area contributed by atoms with Crippen LogP contribution in [-0.4, -0.2) is 37.8 Å². The second kappa shape index (κ2) is 7.45. The van der Waals surface area contributed by atoms with Gasteiger partial charge in [-0.15, -0.1) is 0 Å². The summed E-state index contributed by atoms with van der Waals surface area (Å²) in [6.07, 6.45) is 5.19. The third kappa shape index (κ3) is 4.32. The standard InChI is InChI=1S/C17H26N2O3S/c1-13(2)18-17(20)14-9-11-16(12-10-14)23(21,22)19(3)15-7-5-4-6-8-15/h9-13,15H,4-8H2,1-3H3,(H,18,20). The molecule has 1 aromatic carbocycles. The second-order valence-corrected chi connectivity index (χ2v) is 8.46. The second-order valence-electron chi connectivity index (χ2n) is 6.47. The molecular weight excluding hydrogens is 312 g/mol. The summed E-state index contributed by atoms with van der Waals surface area (Å²) < 4.78 is 26.9. The molecule has 0 heterocycles. The number of carbonyl (C=O) groups is 1. The fourth-order valence-electron chi connectivity index (χ4n) is 2.93. The molecule has 5 nitrogen and oxygen atoms in total. The molecule has 2 rings (SSSR count). The third-order valence-electron chi connectivity index (χ3n) is 4.30. The summed E-state index contributed by atoms with van der Waals surface area (Å²) in [5, 5.41) is 2.79. The van der Waals surface area contributed by atoms with Crippen molar-refractivity contribution in [2.75, 3.05) is 7.05 Å². The first kappa shape index (κ1) is 17.9. The average molecular weight is 338 g/mol. The summed E-state index contributed by atoms with van der Waals surface area (Å²) in [5.41, 5.74) is 0.470. The van der Waals surface area contributed by atoms with Crippen molar-refractivity contribution in [3.63, 3.8) is 0 Å². The highest BCUT2D eigenvalue weighted by molar-refractivity contribution is 7.89. The van der Waals surface area contributed by atoms with E-state index in [0.29, 0.717) is 5.56 Å².